The lowest BCUT2D eigenvalue weighted by Crippen LogP contribution is -2.15. The lowest BCUT2D eigenvalue weighted by Gasteiger charge is -2.14. The lowest BCUT2D eigenvalue weighted by atomic mass is 10.2. The van der Waals surface area contributed by atoms with Crippen LogP contribution in [0.15, 0.2) is 42.5 Å². The number of amides is 1. The van der Waals surface area contributed by atoms with Gasteiger partial charge >= 0.3 is 6.18 Å². The number of hydrogen-bond donors (Lipinski definition) is 1. The highest BCUT2D eigenvalue weighted by atomic mass is 127. The number of carbonyl (C=O) groups excluding carboxylic acids is 1. The van der Waals surface area contributed by atoms with E-state index in [1.165, 1.54) is 32.2 Å². The molecule has 5 nitrogen and oxygen atoms in total. The number of alkyl halides is 3. The third kappa shape index (κ3) is 4.52. The maximum absolute atomic E-state index is 14.1. The number of hydrogen-bond acceptors (Lipinski definition) is 3. The number of aryl methyl sites for hydroxylation is 2. The molecular formula is C19H14F4IN3O2. The minimum atomic E-state index is -4.46. The Hall–Kier alpha value is -2.63. The Balaban J connectivity index is 1.87. The fraction of sp³-hybridized carbons (Fsp3) is 0.158. The number of aromatic nitrogens is 2. The molecule has 0 aliphatic heterocycles. The van der Waals surface area contributed by atoms with Gasteiger partial charge in [-0.25, -0.2) is 4.68 Å². The number of para-hydroxylation sites is 2. The monoisotopic (exact) mass is 519 g/mol. The van der Waals surface area contributed by atoms with Crippen molar-refractivity contribution in [2.75, 3.05) is 5.32 Å². The molecule has 3 aromatic rings. The predicted molar refractivity (Wildman–Crippen MR) is 107 cm³/mol. The topological polar surface area (TPSA) is 56.2 Å². The van der Waals surface area contributed by atoms with Gasteiger partial charge in [0.2, 0.25) is 5.95 Å². The lowest BCUT2D eigenvalue weighted by molar-refractivity contribution is -0.137. The van der Waals surface area contributed by atoms with Gasteiger partial charge in [0.15, 0.2) is 5.75 Å². The predicted octanol–water partition coefficient (Wildman–Crippen LogP) is 5.54. The molecule has 0 spiro atoms. The summed E-state index contributed by atoms with van der Waals surface area (Å²) in [5, 5.41) is 6.42. The van der Waals surface area contributed by atoms with Crippen LogP contribution in [0.1, 0.15) is 21.6 Å². The summed E-state index contributed by atoms with van der Waals surface area (Å²) in [5.74, 6) is -1.12. The molecule has 1 amide bonds. The second kappa shape index (κ2) is 8.01. The molecule has 0 radical (unpaired) electrons. The highest BCUT2D eigenvalue weighted by Crippen LogP contribution is 2.36. The number of anilines is 1. The molecule has 0 atom stereocenters. The summed E-state index contributed by atoms with van der Waals surface area (Å²) in [7, 11) is 1.38. The molecule has 10 heteroatoms. The summed E-state index contributed by atoms with van der Waals surface area (Å²) in [6.07, 6.45) is -4.46. The van der Waals surface area contributed by atoms with Crippen LogP contribution >= 0.6 is 22.6 Å². The van der Waals surface area contributed by atoms with Gasteiger partial charge in [0.1, 0.15) is 11.3 Å². The van der Waals surface area contributed by atoms with Crippen molar-refractivity contribution in [3.8, 4) is 11.5 Å². The number of nitrogens with one attached hydrogen (secondary N) is 1. The van der Waals surface area contributed by atoms with Crippen molar-refractivity contribution >= 4 is 34.2 Å². The van der Waals surface area contributed by atoms with E-state index in [4.69, 9.17) is 4.74 Å². The maximum atomic E-state index is 14.1. The Bertz CT molecular complexity index is 1080. The van der Waals surface area contributed by atoms with E-state index in [0.29, 0.717) is 0 Å². The first kappa shape index (κ1) is 21.1. The fourth-order valence-electron chi connectivity index (χ4n) is 2.61. The first-order valence-corrected chi connectivity index (χ1v) is 9.30. The van der Waals surface area contributed by atoms with Gasteiger partial charge < -0.3 is 10.1 Å². The van der Waals surface area contributed by atoms with Crippen LogP contribution in [0.4, 0.5) is 23.2 Å². The zero-order chi connectivity index (χ0) is 21.3. The number of ether oxygens (including phenoxy) is 1. The Morgan fingerprint density at radius 3 is 2.45 bits per heavy atom. The molecule has 0 bridgehead atoms. The van der Waals surface area contributed by atoms with E-state index in [2.05, 4.69) is 10.4 Å². The van der Waals surface area contributed by atoms with Crippen molar-refractivity contribution in [2.45, 2.75) is 13.1 Å². The Morgan fingerprint density at radius 2 is 1.86 bits per heavy atom. The molecule has 3 rings (SSSR count). The second-order valence-corrected chi connectivity index (χ2v) is 7.23. The summed E-state index contributed by atoms with van der Waals surface area (Å²) in [6.45, 7) is 1.50. The Kier molecular flexibility index (Phi) is 5.82. The largest absolute Gasteiger partial charge is 0.454 e. The summed E-state index contributed by atoms with van der Waals surface area (Å²) in [5.41, 5.74) is -0.543. The van der Waals surface area contributed by atoms with Crippen LogP contribution in [0.3, 0.4) is 0 Å². The molecule has 0 saturated carbocycles. The van der Waals surface area contributed by atoms with Gasteiger partial charge in [0.25, 0.3) is 5.91 Å². The van der Waals surface area contributed by atoms with Gasteiger partial charge in [-0.1, -0.05) is 12.1 Å². The van der Waals surface area contributed by atoms with E-state index < -0.39 is 23.6 Å². The summed E-state index contributed by atoms with van der Waals surface area (Å²) < 4.78 is 59.5. The molecule has 1 aromatic heterocycles. The van der Waals surface area contributed by atoms with Crippen molar-refractivity contribution < 1.29 is 27.1 Å². The van der Waals surface area contributed by atoms with E-state index >= 15 is 0 Å². The smallest absolute Gasteiger partial charge is 0.416 e. The van der Waals surface area contributed by atoms with E-state index in [-0.39, 0.29) is 32.0 Å². The Labute approximate surface area is 176 Å². The summed E-state index contributed by atoms with van der Waals surface area (Å²) in [6, 6.07) is 9.42. The molecular weight excluding hydrogens is 505 g/mol. The Morgan fingerprint density at radius 1 is 1.17 bits per heavy atom. The molecule has 0 aliphatic rings. The second-order valence-electron chi connectivity index (χ2n) is 6.07. The molecule has 29 heavy (non-hydrogen) atoms. The van der Waals surface area contributed by atoms with E-state index in [1.54, 1.807) is 34.7 Å². The van der Waals surface area contributed by atoms with Crippen LogP contribution < -0.4 is 10.1 Å². The van der Waals surface area contributed by atoms with Crippen LogP contribution in [0.2, 0.25) is 0 Å². The molecule has 152 valence electrons. The zero-order valence-corrected chi connectivity index (χ0v) is 17.3. The normalized spacial score (nSPS) is 11.4. The van der Waals surface area contributed by atoms with Gasteiger partial charge in [0.05, 0.1) is 20.5 Å². The van der Waals surface area contributed by atoms with Gasteiger partial charge in [-0.2, -0.15) is 22.7 Å². The molecule has 0 unspecified atom stereocenters. The van der Waals surface area contributed by atoms with Crippen LogP contribution in [0.25, 0.3) is 0 Å². The average molecular weight is 519 g/mol. The number of nitrogens with zero attached hydrogens (tertiary/aromatic N) is 2. The van der Waals surface area contributed by atoms with Crippen LogP contribution in [0.5, 0.6) is 11.5 Å². The molecule has 0 saturated heterocycles. The zero-order valence-electron chi connectivity index (χ0n) is 15.1. The first-order valence-electron chi connectivity index (χ1n) is 8.22. The van der Waals surface area contributed by atoms with E-state index in [0.717, 1.165) is 16.8 Å². The molecule has 0 fully saturated rings. The first-order chi connectivity index (χ1) is 13.6. The van der Waals surface area contributed by atoms with Crippen molar-refractivity contribution in [3.63, 3.8) is 0 Å². The third-order valence-corrected chi connectivity index (χ3v) is 4.84. The van der Waals surface area contributed by atoms with Gasteiger partial charge in [-0.15, -0.1) is 0 Å². The van der Waals surface area contributed by atoms with Crippen molar-refractivity contribution in [3.05, 3.63) is 68.8 Å². The average Bonchev–Trinajstić information content (AvgIpc) is 2.89. The molecule has 1 heterocycles. The number of rotatable bonds is 4. The quantitative estimate of drug-likeness (QED) is 0.364. The van der Waals surface area contributed by atoms with Gasteiger partial charge in [-0.3, -0.25) is 4.79 Å². The molecule has 1 N–H and O–H groups in total. The third-order valence-electron chi connectivity index (χ3n) is 3.99. The van der Waals surface area contributed by atoms with Gasteiger partial charge in [-0.05, 0) is 59.8 Å². The number of carbonyl (C=O) groups is 1. The number of halogens is 5. The van der Waals surface area contributed by atoms with Crippen LogP contribution in [0, 0.1) is 16.4 Å². The summed E-state index contributed by atoms with van der Waals surface area (Å²) in [4.78, 5) is 12.5. The molecule has 2 aromatic carbocycles. The van der Waals surface area contributed by atoms with E-state index in [1.807, 2.05) is 0 Å². The van der Waals surface area contributed by atoms with Crippen LogP contribution in [-0.4, -0.2) is 15.7 Å². The van der Waals surface area contributed by atoms with Gasteiger partial charge in [0, 0.05) is 7.05 Å². The number of benzene rings is 2. The van der Waals surface area contributed by atoms with Crippen molar-refractivity contribution in [1.82, 2.24) is 9.78 Å². The van der Waals surface area contributed by atoms with Crippen LogP contribution in [-0.2, 0) is 13.2 Å². The van der Waals surface area contributed by atoms with Crippen molar-refractivity contribution in [1.29, 1.82) is 0 Å². The highest BCUT2D eigenvalue weighted by molar-refractivity contribution is 14.1. The highest BCUT2D eigenvalue weighted by Gasteiger charge is 2.31. The maximum Gasteiger partial charge on any atom is 0.416 e. The van der Waals surface area contributed by atoms with E-state index in [9.17, 15) is 22.4 Å². The molecule has 0 aliphatic carbocycles. The fourth-order valence-corrected chi connectivity index (χ4v) is 3.24. The minimum absolute atomic E-state index is 0.184. The van der Waals surface area contributed by atoms with Crippen molar-refractivity contribution in [2.24, 2.45) is 7.05 Å². The minimum Gasteiger partial charge on any atom is -0.454 e. The summed E-state index contributed by atoms with van der Waals surface area (Å²) >= 11 is 1.74. The SMILES string of the molecule is Cc1nn(C)c(F)c1C(=O)Nc1ccccc1Oc1ccc(C(F)(F)F)cc1I. The standard InChI is InChI=1S/C19H14F4IN3O2/c1-10-16(17(20)27(2)26-10)18(28)25-13-5-3-4-6-15(13)29-14-8-7-11(9-12(14)24)19(21,22)23/h3-9H,1-2H3,(H,25,28).